The molecule has 5 rings (SSSR count). The van der Waals surface area contributed by atoms with Gasteiger partial charge < -0.3 is 15.5 Å². The number of aryl methyl sites for hydroxylation is 1. The zero-order chi connectivity index (χ0) is 26.9. The zero-order valence-electron chi connectivity index (χ0n) is 21.6. The first kappa shape index (κ1) is 25.3. The summed E-state index contributed by atoms with van der Waals surface area (Å²) in [6.45, 7) is 1.82. The molecule has 0 saturated carbocycles. The maximum atomic E-state index is 12.1. The highest BCUT2D eigenvalue weighted by atomic mass is 32.2. The largest absolute Gasteiger partial charge is 0.324 e. The third kappa shape index (κ3) is 5.80. The fraction of sp³-hybridized carbons (Fsp3) is 0.269. The van der Waals surface area contributed by atoms with Crippen molar-refractivity contribution in [1.82, 2.24) is 29.6 Å². The lowest BCUT2D eigenvalue weighted by Crippen LogP contribution is -2.27. The van der Waals surface area contributed by atoms with Crippen LogP contribution in [-0.2, 0) is 29.7 Å². The Hall–Kier alpha value is -4.34. The molecule has 0 aliphatic carbocycles. The van der Waals surface area contributed by atoms with Gasteiger partial charge in [0.25, 0.3) is 0 Å². The number of nitriles is 1. The fourth-order valence-electron chi connectivity index (χ4n) is 4.34. The standard InChI is InChI=1S/C26H28N10OS/c1-35-10-8-20-17(16-35)12-19(13-21(20)22-9-11-36(2)33-22)29-26-28-15-18(14-27)25(32-26)31-23-6-5-7-24(30-23)34-38(3,4)37/h5-7,9,11-13,15H,8,10,16H2,1-4H3,(H2,28,29,30,31,32). The van der Waals surface area contributed by atoms with E-state index in [-0.39, 0.29) is 5.56 Å². The summed E-state index contributed by atoms with van der Waals surface area (Å²) in [5.41, 5.74) is 5.61. The smallest absolute Gasteiger partial charge is 0.229 e. The van der Waals surface area contributed by atoms with Crippen LogP contribution in [0.4, 0.5) is 29.1 Å². The molecule has 11 nitrogen and oxygen atoms in total. The molecule has 4 heterocycles. The third-order valence-corrected chi connectivity index (χ3v) is 6.60. The van der Waals surface area contributed by atoms with E-state index in [0.29, 0.717) is 23.4 Å². The van der Waals surface area contributed by atoms with Crippen molar-refractivity contribution in [2.24, 2.45) is 11.4 Å². The molecule has 2 N–H and O–H groups in total. The van der Waals surface area contributed by atoms with Crippen molar-refractivity contribution < 1.29 is 4.21 Å². The molecule has 1 aliphatic rings. The van der Waals surface area contributed by atoms with Crippen molar-refractivity contribution in [3.8, 4) is 17.3 Å². The molecule has 0 unspecified atom stereocenters. The maximum absolute atomic E-state index is 12.1. The van der Waals surface area contributed by atoms with Crippen LogP contribution in [0.3, 0.4) is 0 Å². The van der Waals surface area contributed by atoms with E-state index in [9.17, 15) is 9.47 Å². The number of anilines is 4. The van der Waals surface area contributed by atoms with Crippen LogP contribution >= 0.6 is 0 Å². The summed E-state index contributed by atoms with van der Waals surface area (Å²) in [4.78, 5) is 15.6. The number of likely N-dealkylation sites (N-methyl/N-ethyl adjacent to an activating group) is 1. The Bertz CT molecular complexity index is 1670. The fourth-order valence-corrected chi connectivity index (χ4v) is 4.89. The molecule has 0 saturated heterocycles. The monoisotopic (exact) mass is 528 g/mol. The van der Waals surface area contributed by atoms with Crippen LogP contribution in [0.25, 0.3) is 11.3 Å². The molecule has 0 spiro atoms. The second kappa shape index (κ2) is 10.2. The first-order valence-electron chi connectivity index (χ1n) is 12.0. The highest BCUT2D eigenvalue weighted by molar-refractivity contribution is 7.92. The van der Waals surface area contributed by atoms with Crippen LogP contribution < -0.4 is 10.6 Å². The second-order valence-electron chi connectivity index (χ2n) is 9.50. The van der Waals surface area contributed by atoms with E-state index in [2.05, 4.69) is 65.2 Å². The molecule has 3 aromatic heterocycles. The van der Waals surface area contributed by atoms with Crippen LogP contribution in [-0.4, -0.2) is 59.9 Å². The van der Waals surface area contributed by atoms with Gasteiger partial charge >= 0.3 is 0 Å². The van der Waals surface area contributed by atoms with E-state index in [1.54, 1.807) is 35.4 Å². The molecule has 0 fully saturated rings. The Kier molecular flexibility index (Phi) is 6.79. The van der Waals surface area contributed by atoms with Gasteiger partial charge in [-0.3, -0.25) is 4.68 Å². The lowest BCUT2D eigenvalue weighted by Gasteiger charge is -2.27. The van der Waals surface area contributed by atoms with E-state index >= 15 is 0 Å². The molecule has 0 bridgehead atoms. The lowest BCUT2D eigenvalue weighted by atomic mass is 9.92. The predicted molar refractivity (Wildman–Crippen MR) is 148 cm³/mol. The number of hydrogen-bond acceptors (Lipinski definition) is 10. The van der Waals surface area contributed by atoms with Gasteiger partial charge in [0.2, 0.25) is 5.95 Å². The van der Waals surface area contributed by atoms with E-state index < -0.39 is 9.73 Å². The lowest BCUT2D eigenvalue weighted by molar-refractivity contribution is 0.313. The van der Waals surface area contributed by atoms with Crippen molar-refractivity contribution in [2.45, 2.75) is 13.0 Å². The first-order valence-corrected chi connectivity index (χ1v) is 14.3. The molecule has 0 radical (unpaired) electrons. The molecular formula is C26H28N10OS. The second-order valence-corrected chi connectivity index (χ2v) is 12.0. The van der Waals surface area contributed by atoms with Gasteiger partial charge in [0.15, 0.2) is 11.6 Å². The molecule has 38 heavy (non-hydrogen) atoms. The summed E-state index contributed by atoms with van der Waals surface area (Å²) in [6.07, 6.45) is 7.44. The van der Waals surface area contributed by atoms with Gasteiger partial charge in [-0.2, -0.15) is 19.7 Å². The van der Waals surface area contributed by atoms with Crippen LogP contribution in [0.15, 0.2) is 53.2 Å². The van der Waals surface area contributed by atoms with Crippen molar-refractivity contribution >= 4 is 38.8 Å². The average Bonchev–Trinajstić information content (AvgIpc) is 3.29. The Morgan fingerprint density at radius 1 is 1.13 bits per heavy atom. The highest BCUT2D eigenvalue weighted by Crippen LogP contribution is 2.33. The van der Waals surface area contributed by atoms with Crippen LogP contribution in [0.1, 0.15) is 16.7 Å². The van der Waals surface area contributed by atoms with Crippen molar-refractivity contribution in [3.63, 3.8) is 0 Å². The maximum Gasteiger partial charge on any atom is 0.229 e. The van der Waals surface area contributed by atoms with Crippen molar-refractivity contribution in [2.75, 3.05) is 36.7 Å². The summed E-state index contributed by atoms with van der Waals surface area (Å²) in [5, 5.41) is 20.6. The normalized spacial score (nSPS) is 13.4. The Labute approximate surface area is 221 Å². The average molecular weight is 529 g/mol. The first-order chi connectivity index (χ1) is 18.2. The number of nitrogens with zero attached hydrogens (tertiary/aromatic N) is 8. The third-order valence-electron chi connectivity index (χ3n) is 5.98. The van der Waals surface area contributed by atoms with Gasteiger partial charge in [-0.05, 0) is 54.9 Å². The molecule has 4 aromatic rings. The molecule has 1 aliphatic heterocycles. The number of aromatic nitrogens is 5. The van der Waals surface area contributed by atoms with Gasteiger partial charge in [-0.15, -0.1) is 0 Å². The molecule has 1 aromatic carbocycles. The Balaban J connectivity index is 1.48. The topological polar surface area (TPSA) is 137 Å². The van der Waals surface area contributed by atoms with Gasteiger partial charge in [-0.25, -0.2) is 14.2 Å². The minimum Gasteiger partial charge on any atom is -0.324 e. The molecule has 194 valence electrons. The Morgan fingerprint density at radius 3 is 2.71 bits per heavy atom. The number of fused-ring (bicyclic) bond motifs is 1. The van der Waals surface area contributed by atoms with E-state index in [4.69, 9.17) is 0 Å². The summed E-state index contributed by atoms with van der Waals surface area (Å²) in [5.74, 6) is 1.38. The zero-order valence-corrected chi connectivity index (χ0v) is 22.5. The molecule has 12 heteroatoms. The molecule has 0 amide bonds. The molecule has 0 atom stereocenters. The van der Waals surface area contributed by atoms with E-state index in [1.807, 2.05) is 19.3 Å². The van der Waals surface area contributed by atoms with Crippen LogP contribution in [0.2, 0.25) is 0 Å². The Morgan fingerprint density at radius 2 is 1.97 bits per heavy atom. The summed E-state index contributed by atoms with van der Waals surface area (Å²) in [7, 11) is 1.66. The number of hydrogen-bond donors (Lipinski definition) is 2. The van der Waals surface area contributed by atoms with Crippen molar-refractivity contribution in [3.05, 3.63) is 65.5 Å². The van der Waals surface area contributed by atoms with Gasteiger partial charge in [0, 0.05) is 59.8 Å². The SMILES string of the molecule is CN1CCc2c(cc(Nc3ncc(C#N)c(Nc4cccc(N=S(C)(C)=O)n4)n3)cc2-c2ccn(C)n2)C1. The number of pyridine rings is 1. The quantitative estimate of drug-likeness (QED) is 0.381. The van der Waals surface area contributed by atoms with Gasteiger partial charge in [0.1, 0.15) is 17.5 Å². The van der Waals surface area contributed by atoms with Crippen LogP contribution in [0.5, 0.6) is 0 Å². The van der Waals surface area contributed by atoms with Crippen LogP contribution in [0, 0.1) is 11.3 Å². The van der Waals surface area contributed by atoms with Gasteiger partial charge in [0.05, 0.1) is 11.9 Å². The summed E-state index contributed by atoms with van der Waals surface area (Å²) >= 11 is 0. The number of nitrogens with one attached hydrogen (secondary N) is 2. The minimum atomic E-state index is -2.37. The molecular weight excluding hydrogens is 500 g/mol. The number of rotatable bonds is 6. The highest BCUT2D eigenvalue weighted by Gasteiger charge is 2.20. The van der Waals surface area contributed by atoms with Gasteiger partial charge in [-0.1, -0.05) is 6.07 Å². The predicted octanol–water partition coefficient (Wildman–Crippen LogP) is 3.98. The minimum absolute atomic E-state index is 0.260. The summed E-state index contributed by atoms with van der Waals surface area (Å²) in [6, 6.07) is 13.4. The number of benzene rings is 1. The van der Waals surface area contributed by atoms with E-state index in [1.165, 1.54) is 17.3 Å². The summed E-state index contributed by atoms with van der Waals surface area (Å²) < 4.78 is 18.0. The van der Waals surface area contributed by atoms with E-state index in [0.717, 1.165) is 36.5 Å². The van der Waals surface area contributed by atoms with Crippen molar-refractivity contribution in [1.29, 1.82) is 5.26 Å².